The van der Waals surface area contributed by atoms with Gasteiger partial charge in [-0.25, -0.2) is 0 Å². The third kappa shape index (κ3) is 2.92. The summed E-state index contributed by atoms with van der Waals surface area (Å²) in [6.07, 6.45) is 0.706. The summed E-state index contributed by atoms with van der Waals surface area (Å²) < 4.78 is 5.22. The molecule has 0 spiro atoms. The molecular formula is C12H17N3OS. The van der Waals surface area contributed by atoms with Crippen LogP contribution in [0.2, 0.25) is 0 Å². The topological polar surface area (TPSA) is 64.9 Å². The van der Waals surface area contributed by atoms with Gasteiger partial charge in [0.1, 0.15) is 0 Å². The Hall–Kier alpha value is -1.20. The Labute approximate surface area is 105 Å². The zero-order chi connectivity index (χ0) is 12.5. The summed E-state index contributed by atoms with van der Waals surface area (Å²) >= 11 is 1.69. The lowest BCUT2D eigenvalue weighted by atomic mass is 9.87. The maximum absolute atomic E-state index is 6.07. The first kappa shape index (κ1) is 12.3. The standard InChI is InChI=1S/C12H17N3OS/c1-12(2,3)10(13)11-14-9(15-16-11)7-8-5-4-6-17-8/h4-6,10H,7,13H2,1-3H3/t10-/m0/s1. The zero-order valence-corrected chi connectivity index (χ0v) is 11.1. The maximum atomic E-state index is 6.07. The lowest BCUT2D eigenvalue weighted by Gasteiger charge is -2.23. The quantitative estimate of drug-likeness (QED) is 0.911. The molecule has 17 heavy (non-hydrogen) atoms. The van der Waals surface area contributed by atoms with E-state index in [0.29, 0.717) is 18.1 Å². The Morgan fingerprint density at radius 1 is 1.47 bits per heavy atom. The van der Waals surface area contributed by atoms with E-state index in [1.807, 2.05) is 11.4 Å². The lowest BCUT2D eigenvalue weighted by molar-refractivity contribution is 0.252. The third-order valence-electron chi connectivity index (χ3n) is 2.60. The number of aromatic nitrogens is 2. The molecule has 1 atom stereocenters. The lowest BCUT2D eigenvalue weighted by Crippen LogP contribution is -2.26. The minimum absolute atomic E-state index is 0.0767. The molecule has 2 aromatic rings. The highest BCUT2D eigenvalue weighted by atomic mass is 32.1. The van der Waals surface area contributed by atoms with Crippen LogP contribution >= 0.6 is 11.3 Å². The summed E-state index contributed by atoms with van der Waals surface area (Å²) in [6.45, 7) is 6.17. The third-order valence-corrected chi connectivity index (χ3v) is 3.47. The maximum Gasteiger partial charge on any atom is 0.244 e. The van der Waals surface area contributed by atoms with Crippen molar-refractivity contribution in [2.75, 3.05) is 0 Å². The number of nitrogens with zero attached hydrogens (tertiary/aromatic N) is 2. The average molecular weight is 251 g/mol. The minimum Gasteiger partial charge on any atom is -0.338 e. The van der Waals surface area contributed by atoms with Crippen molar-refractivity contribution >= 4 is 11.3 Å². The largest absolute Gasteiger partial charge is 0.338 e. The van der Waals surface area contributed by atoms with Crippen LogP contribution in [0.25, 0.3) is 0 Å². The van der Waals surface area contributed by atoms with Gasteiger partial charge in [0.15, 0.2) is 5.82 Å². The molecule has 0 aliphatic heterocycles. The Morgan fingerprint density at radius 3 is 2.82 bits per heavy atom. The molecule has 0 aromatic carbocycles. The fourth-order valence-corrected chi connectivity index (χ4v) is 2.11. The molecule has 0 aliphatic carbocycles. The molecule has 2 heterocycles. The van der Waals surface area contributed by atoms with Gasteiger partial charge in [0.05, 0.1) is 6.04 Å². The smallest absolute Gasteiger partial charge is 0.244 e. The van der Waals surface area contributed by atoms with Crippen molar-refractivity contribution in [3.8, 4) is 0 Å². The molecule has 0 saturated heterocycles. The van der Waals surface area contributed by atoms with Crippen molar-refractivity contribution in [1.29, 1.82) is 0 Å². The fraction of sp³-hybridized carbons (Fsp3) is 0.500. The van der Waals surface area contributed by atoms with Crippen molar-refractivity contribution in [2.45, 2.75) is 33.2 Å². The molecule has 0 radical (unpaired) electrons. The van der Waals surface area contributed by atoms with Crippen molar-refractivity contribution < 1.29 is 4.52 Å². The van der Waals surface area contributed by atoms with E-state index in [-0.39, 0.29) is 11.5 Å². The van der Waals surface area contributed by atoms with Crippen LogP contribution in [0.15, 0.2) is 22.0 Å². The predicted molar refractivity (Wildman–Crippen MR) is 67.8 cm³/mol. The molecule has 2 aromatic heterocycles. The number of thiophene rings is 1. The highest BCUT2D eigenvalue weighted by molar-refractivity contribution is 7.09. The summed E-state index contributed by atoms with van der Waals surface area (Å²) in [6, 6.07) is 3.85. The predicted octanol–water partition coefficient (Wildman–Crippen LogP) is 2.77. The van der Waals surface area contributed by atoms with E-state index in [2.05, 4.69) is 37.0 Å². The Bertz CT molecular complexity index is 470. The summed E-state index contributed by atoms with van der Waals surface area (Å²) in [5, 5.41) is 6.01. The van der Waals surface area contributed by atoms with Crippen LogP contribution in [0.4, 0.5) is 0 Å². The van der Waals surface area contributed by atoms with Gasteiger partial charge in [-0.3, -0.25) is 0 Å². The van der Waals surface area contributed by atoms with E-state index in [1.54, 1.807) is 11.3 Å². The first-order valence-electron chi connectivity index (χ1n) is 5.57. The van der Waals surface area contributed by atoms with Crippen LogP contribution in [0, 0.1) is 5.41 Å². The molecular weight excluding hydrogens is 234 g/mol. The Balaban J connectivity index is 2.11. The highest BCUT2D eigenvalue weighted by Gasteiger charge is 2.27. The van der Waals surface area contributed by atoms with Crippen molar-refractivity contribution in [3.05, 3.63) is 34.1 Å². The normalized spacial score (nSPS) is 13.9. The van der Waals surface area contributed by atoms with Crippen molar-refractivity contribution in [2.24, 2.45) is 11.1 Å². The van der Waals surface area contributed by atoms with Crippen LogP contribution in [0.3, 0.4) is 0 Å². The Kier molecular flexibility index (Phi) is 3.31. The highest BCUT2D eigenvalue weighted by Crippen LogP contribution is 2.29. The molecule has 0 unspecified atom stereocenters. The van der Waals surface area contributed by atoms with Gasteiger partial charge >= 0.3 is 0 Å². The number of hydrogen-bond acceptors (Lipinski definition) is 5. The second-order valence-corrected chi connectivity index (χ2v) is 6.18. The molecule has 2 N–H and O–H groups in total. The van der Waals surface area contributed by atoms with Crippen molar-refractivity contribution in [3.63, 3.8) is 0 Å². The molecule has 0 bridgehead atoms. The minimum atomic E-state index is -0.230. The molecule has 0 aliphatic rings. The number of rotatable bonds is 3. The zero-order valence-electron chi connectivity index (χ0n) is 10.3. The molecule has 4 nitrogen and oxygen atoms in total. The SMILES string of the molecule is CC(C)(C)[C@@H](N)c1nc(Cc2cccs2)no1. The van der Waals surface area contributed by atoms with Gasteiger partial charge < -0.3 is 10.3 Å². The molecule has 92 valence electrons. The van der Waals surface area contributed by atoms with Gasteiger partial charge in [0.25, 0.3) is 0 Å². The van der Waals surface area contributed by atoms with E-state index < -0.39 is 0 Å². The van der Waals surface area contributed by atoms with Gasteiger partial charge in [-0.05, 0) is 16.9 Å². The van der Waals surface area contributed by atoms with Gasteiger partial charge in [-0.2, -0.15) is 4.98 Å². The second kappa shape index (κ2) is 4.58. The first-order valence-corrected chi connectivity index (χ1v) is 6.45. The van der Waals surface area contributed by atoms with Crippen LogP contribution in [0.1, 0.15) is 43.4 Å². The average Bonchev–Trinajstić information content (AvgIpc) is 2.87. The fourth-order valence-electron chi connectivity index (χ4n) is 1.41. The van der Waals surface area contributed by atoms with E-state index in [1.165, 1.54) is 4.88 Å². The summed E-state index contributed by atoms with van der Waals surface area (Å²) in [5.74, 6) is 1.21. The van der Waals surface area contributed by atoms with E-state index in [4.69, 9.17) is 10.3 Å². The van der Waals surface area contributed by atoms with Crippen LogP contribution in [0.5, 0.6) is 0 Å². The van der Waals surface area contributed by atoms with Gasteiger partial charge in [-0.1, -0.05) is 32.0 Å². The molecule has 2 rings (SSSR count). The Morgan fingerprint density at radius 2 is 2.24 bits per heavy atom. The monoisotopic (exact) mass is 251 g/mol. The van der Waals surface area contributed by atoms with Crippen molar-refractivity contribution in [1.82, 2.24) is 10.1 Å². The van der Waals surface area contributed by atoms with Gasteiger partial charge in [0.2, 0.25) is 5.89 Å². The van der Waals surface area contributed by atoms with Gasteiger partial charge in [-0.15, -0.1) is 11.3 Å². The molecule has 0 amide bonds. The van der Waals surface area contributed by atoms with Crippen LogP contribution in [-0.4, -0.2) is 10.1 Å². The summed E-state index contributed by atoms with van der Waals surface area (Å²) in [7, 11) is 0. The molecule has 0 fully saturated rings. The second-order valence-electron chi connectivity index (χ2n) is 5.15. The first-order chi connectivity index (χ1) is 7.97. The van der Waals surface area contributed by atoms with Gasteiger partial charge in [0, 0.05) is 11.3 Å². The summed E-state index contributed by atoms with van der Waals surface area (Å²) in [5.41, 5.74) is 5.99. The van der Waals surface area contributed by atoms with E-state index in [9.17, 15) is 0 Å². The summed E-state index contributed by atoms with van der Waals surface area (Å²) in [4.78, 5) is 5.58. The van der Waals surface area contributed by atoms with Crippen LogP contribution < -0.4 is 5.73 Å². The molecule has 0 saturated carbocycles. The van der Waals surface area contributed by atoms with Crippen LogP contribution in [-0.2, 0) is 6.42 Å². The molecule has 5 heteroatoms. The number of nitrogens with two attached hydrogens (primary N) is 1. The number of hydrogen-bond donors (Lipinski definition) is 1. The van der Waals surface area contributed by atoms with E-state index >= 15 is 0 Å². The van der Waals surface area contributed by atoms with E-state index in [0.717, 1.165) is 0 Å².